The maximum Gasteiger partial charge on any atom is 0.411 e. The number of carbonyl (C=O) groups excluding carboxylic acids is 3. The molecule has 3 amide bonds. The zero-order valence-corrected chi connectivity index (χ0v) is 30.7. The molecule has 2 unspecified atom stereocenters. The molecule has 0 aromatic heterocycles. The Morgan fingerprint density at radius 2 is 1.47 bits per heavy atom. The number of benzene rings is 2. The molecule has 4 aliphatic rings. The van der Waals surface area contributed by atoms with Crippen molar-refractivity contribution in [3.63, 3.8) is 0 Å². The summed E-state index contributed by atoms with van der Waals surface area (Å²) in [4.78, 5) is 47.9. The summed E-state index contributed by atoms with van der Waals surface area (Å²) < 4.78 is 47.0. The standard InChI is InChI=1S/C39H52F2N4O6/c1-38(2,3)50-36(47)44(33-20-30(33)31-18-26(40)19-32(41)35(31)49-24-25-10-8-7-9-11-25)23-34(46)42-16-14-27(15-17-42)43-21-28-12-13-29(22-43)45(28)37(48)51-39(4,5)6/h7-11,18-19,27-30,33H,12-17,20-24H2,1-6H3/t28?,29?,30-,33+/m0/s1. The van der Waals surface area contributed by atoms with E-state index in [4.69, 9.17) is 14.2 Å². The lowest BCUT2D eigenvalue weighted by molar-refractivity contribution is -0.134. The molecule has 12 heteroatoms. The molecule has 2 aromatic carbocycles. The second-order valence-electron chi connectivity index (χ2n) is 16.4. The Hall–Kier alpha value is -3.93. The fourth-order valence-electron chi connectivity index (χ4n) is 7.81. The van der Waals surface area contributed by atoms with Crippen LogP contribution in [0.25, 0.3) is 0 Å². The van der Waals surface area contributed by atoms with Crippen molar-refractivity contribution in [2.24, 2.45) is 0 Å². The van der Waals surface area contributed by atoms with Crippen LogP contribution >= 0.6 is 0 Å². The van der Waals surface area contributed by atoms with Crippen LogP contribution in [0.4, 0.5) is 18.4 Å². The van der Waals surface area contributed by atoms with Crippen molar-refractivity contribution in [3.8, 4) is 5.75 Å². The van der Waals surface area contributed by atoms with Gasteiger partial charge in [0.1, 0.15) is 30.2 Å². The number of hydrogen-bond acceptors (Lipinski definition) is 7. The zero-order valence-electron chi connectivity index (χ0n) is 30.7. The van der Waals surface area contributed by atoms with Gasteiger partial charge in [0.05, 0.1) is 0 Å². The van der Waals surface area contributed by atoms with Crippen LogP contribution in [0.3, 0.4) is 0 Å². The van der Waals surface area contributed by atoms with E-state index in [2.05, 4.69) is 4.90 Å². The first kappa shape index (κ1) is 36.8. The molecule has 6 rings (SSSR count). The Kier molecular flexibility index (Phi) is 10.5. The Morgan fingerprint density at radius 3 is 2.08 bits per heavy atom. The largest absolute Gasteiger partial charge is 0.486 e. The van der Waals surface area contributed by atoms with Gasteiger partial charge in [-0.2, -0.15) is 0 Å². The third-order valence-electron chi connectivity index (χ3n) is 10.2. The van der Waals surface area contributed by atoms with Crippen LogP contribution in [0.5, 0.6) is 5.75 Å². The molecule has 3 heterocycles. The molecule has 0 spiro atoms. The van der Waals surface area contributed by atoms with Crippen molar-refractivity contribution in [3.05, 3.63) is 65.2 Å². The molecule has 4 atom stereocenters. The molecular weight excluding hydrogens is 658 g/mol. The van der Waals surface area contributed by atoms with Crippen molar-refractivity contribution in [1.29, 1.82) is 0 Å². The summed E-state index contributed by atoms with van der Waals surface area (Å²) in [5.41, 5.74) is -0.178. The maximum absolute atomic E-state index is 15.1. The summed E-state index contributed by atoms with van der Waals surface area (Å²) in [7, 11) is 0. The van der Waals surface area contributed by atoms with Crippen molar-refractivity contribution >= 4 is 18.1 Å². The molecule has 2 aromatic rings. The number of hydrogen-bond donors (Lipinski definition) is 0. The molecule has 3 saturated heterocycles. The summed E-state index contributed by atoms with van der Waals surface area (Å²) in [6.07, 6.45) is 3.05. The minimum Gasteiger partial charge on any atom is -0.486 e. The predicted molar refractivity (Wildman–Crippen MR) is 187 cm³/mol. The number of piperidine rings is 1. The summed E-state index contributed by atoms with van der Waals surface area (Å²) in [5, 5.41) is 0. The first-order valence-corrected chi connectivity index (χ1v) is 18.2. The van der Waals surface area contributed by atoms with Gasteiger partial charge in [-0.3, -0.25) is 19.5 Å². The minimum atomic E-state index is -0.811. The van der Waals surface area contributed by atoms with Crippen molar-refractivity contribution in [1.82, 2.24) is 19.6 Å². The summed E-state index contributed by atoms with van der Waals surface area (Å²) in [5.74, 6) is -2.21. The zero-order chi connectivity index (χ0) is 36.7. The van der Waals surface area contributed by atoms with E-state index in [-0.39, 0.29) is 43.0 Å². The molecule has 3 aliphatic heterocycles. The van der Waals surface area contributed by atoms with Crippen LogP contribution in [0.2, 0.25) is 0 Å². The van der Waals surface area contributed by atoms with E-state index in [1.165, 1.54) is 11.0 Å². The topological polar surface area (TPSA) is 91.9 Å². The lowest BCUT2D eigenvalue weighted by atomic mass is 10.0. The molecule has 0 N–H and O–H groups in total. The van der Waals surface area contributed by atoms with Gasteiger partial charge in [-0.25, -0.2) is 18.4 Å². The third-order valence-corrected chi connectivity index (χ3v) is 10.2. The van der Waals surface area contributed by atoms with Gasteiger partial charge in [0, 0.05) is 67.9 Å². The highest BCUT2D eigenvalue weighted by Gasteiger charge is 2.49. The van der Waals surface area contributed by atoms with Crippen LogP contribution in [-0.2, 0) is 20.9 Å². The number of ether oxygens (including phenoxy) is 3. The van der Waals surface area contributed by atoms with Gasteiger partial charge < -0.3 is 19.1 Å². The van der Waals surface area contributed by atoms with Gasteiger partial charge in [0.25, 0.3) is 0 Å². The van der Waals surface area contributed by atoms with Gasteiger partial charge in [0.2, 0.25) is 5.91 Å². The van der Waals surface area contributed by atoms with Crippen LogP contribution in [0.15, 0.2) is 42.5 Å². The monoisotopic (exact) mass is 710 g/mol. The van der Waals surface area contributed by atoms with Gasteiger partial charge in [-0.15, -0.1) is 0 Å². The third kappa shape index (κ3) is 8.94. The summed E-state index contributed by atoms with van der Waals surface area (Å²) in [6, 6.07) is 11.4. The number of carbonyl (C=O) groups is 3. The molecule has 10 nitrogen and oxygen atoms in total. The molecule has 0 radical (unpaired) electrons. The number of nitrogens with zero attached hydrogens (tertiary/aromatic N) is 4. The molecule has 51 heavy (non-hydrogen) atoms. The number of halogens is 2. The fraction of sp³-hybridized carbons (Fsp3) is 0.615. The predicted octanol–water partition coefficient (Wildman–Crippen LogP) is 6.71. The fourth-order valence-corrected chi connectivity index (χ4v) is 7.81. The number of piperazine rings is 1. The Bertz CT molecular complexity index is 1570. The first-order valence-electron chi connectivity index (χ1n) is 18.2. The van der Waals surface area contributed by atoms with E-state index < -0.39 is 40.9 Å². The highest BCUT2D eigenvalue weighted by atomic mass is 19.1. The van der Waals surface area contributed by atoms with Crippen LogP contribution in [-0.4, -0.2) is 106 Å². The van der Waals surface area contributed by atoms with E-state index in [0.29, 0.717) is 31.1 Å². The molecule has 1 saturated carbocycles. The van der Waals surface area contributed by atoms with Crippen molar-refractivity contribution in [2.75, 3.05) is 32.7 Å². The van der Waals surface area contributed by atoms with E-state index >= 15 is 4.39 Å². The summed E-state index contributed by atoms with van der Waals surface area (Å²) in [6.45, 7) is 13.5. The van der Waals surface area contributed by atoms with E-state index in [1.807, 2.05) is 56.0 Å². The average molecular weight is 711 g/mol. The Balaban J connectivity index is 1.09. The van der Waals surface area contributed by atoms with E-state index in [9.17, 15) is 18.8 Å². The smallest absolute Gasteiger partial charge is 0.411 e. The minimum absolute atomic E-state index is 0.0503. The Morgan fingerprint density at radius 1 is 0.843 bits per heavy atom. The first-order chi connectivity index (χ1) is 24.1. The van der Waals surface area contributed by atoms with Crippen LogP contribution in [0.1, 0.15) is 90.7 Å². The van der Waals surface area contributed by atoms with E-state index in [1.54, 1.807) is 25.7 Å². The highest BCUT2D eigenvalue weighted by Crippen LogP contribution is 2.49. The van der Waals surface area contributed by atoms with Crippen molar-refractivity contribution < 1.29 is 37.4 Å². The number of fused-ring (bicyclic) bond motifs is 2. The Labute approximate surface area is 300 Å². The van der Waals surface area contributed by atoms with Crippen LogP contribution in [0, 0.1) is 11.6 Å². The van der Waals surface area contributed by atoms with Gasteiger partial charge in [0.15, 0.2) is 11.6 Å². The number of likely N-dealkylation sites (tertiary alicyclic amines) is 2. The number of amides is 3. The van der Waals surface area contributed by atoms with Crippen LogP contribution < -0.4 is 4.74 Å². The lowest BCUT2D eigenvalue weighted by Crippen LogP contribution is -2.60. The van der Waals surface area contributed by atoms with Crippen molar-refractivity contribution in [2.45, 2.75) is 122 Å². The average Bonchev–Trinajstić information content (AvgIpc) is 3.79. The lowest BCUT2D eigenvalue weighted by Gasteiger charge is -2.46. The maximum atomic E-state index is 15.1. The number of rotatable bonds is 8. The molecule has 2 bridgehead atoms. The molecule has 1 aliphatic carbocycles. The highest BCUT2D eigenvalue weighted by molar-refractivity contribution is 5.83. The van der Waals surface area contributed by atoms with Gasteiger partial charge in [-0.1, -0.05) is 30.3 Å². The van der Waals surface area contributed by atoms with Gasteiger partial charge in [-0.05, 0) is 85.3 Å². The molecule has 278 valence electrons. The second kappa shape index (κ2) is 14.6. The normalized spacial score (nSPS) is 23.9. The second-order valence-corrected chi connectivity index (χ2v) is 16.4. The van der Waals surface area contributed by atoms with Gasteiger partial charge >= 0.3 is 12.2 Å². The molecule has 4 fully saturated rings. The molecular formula is C39H52F2N4O6. The SMILES string of the molecule is CC(C)(C)OC(=O)N1C2CCC1CN(C1CCN(C(=O)CN(C(=O)OC(C)(C)C)[C@@H]3C[C@H]3c3cc(F)cc(F)c3OCc3ccccc3)CC1)C2. The van der Waals surface area contributed by atoms with E-state index in [0.717, 1.165) is 50.4 Å². The summed E-state index contributed by atoms with van der Waals surface area (Å²) >= 11 is 0. The quantitative estimate of drug-likeness (QED) is 0.301.